The van der Waals surface area contributed by atoms with Gasteiger partial charge in [-0.25, -0.2) is 0 Å². The highest BCUT2D eigenvalue weighted by Gasteiger charge is 2.21. The van der Waals surface area contributed by atoms with E-state index in [1.165, 1.54) is 6.26 Å². The molecular formula is C21H19ClO4S. The summed E-state index contributed by atoms with van der Waals surface area (Å²) in [5.74, 6) is 1.58. The molecule has 140 valence electrons. The van der Waals surface area contributed by atoms with Crippen LogP contribution in [0.4, 0.5) is 0 Å². The minimum atomic E-state index is -0.122. The molecule has 0 N–H and O–H groups in total. The quantitative estimate of drug-likeness (QED) is 0.338. The fraction of sp³-hybridized carbons (Fsp3) is 0.190. The van der Waals surface area contributed by atoms with Crippen molar-refractivity contribution < 1.29 is 18.7 Å². The second-order valence-corrected chi connectivity index (χ2v) is 7.49. The number of furan rings is 1. The van der Waals surface area contributed by atoms with Crippen LogP contribution in [-0.2, 0) is 0 Å². The van der Waals surface area contributed by atoms with Crippen molar-refractivity contribution in [1.82, 2.24) is 0 Å². The summed E-state index contributed by atoms with van der Waals surface area (Å²) < 4.78 is 16.0. The molecule has 0 fully saturated rings. The summed E-state index contributed by atoms with van der Waals surface area (Å²) >= 11 is 7.58. The molecule has 3 aromatic rings. The van der Waals surface area contributed by atoms with Gasteiger partial charge in [-0.15, -0.1) is 11.8 Å². The molecule has 6 heteroatoms. The number of methoxy groups -OCH3 is 2. The summed E-state index contributed by atoms with van der Waals surface area (Å²) in [4.78, 5) is 13.6. The summed E-state index contributed by atoms with van der Waals surface area (Å²) in [5.41, 5.74) is 0.965. The molecule has 0 radical (unpaired) electrons. The molecule has 0 amide bonds. The van der Waals surface area contributed by atoms with Crippen LogP contribution < -0.4 is 9.47 Å². The van der Waals surface area contributed by atoms with Crippen molar-refractivity contribution in [3.63, 3.8) is 0 Å². The lowest BCUT2D eigenvalue weighted by molar-refractivity contribution is 0.0955. The van der Waals surface area contributed by atoms with Gasteiger partial charge in [0.05, 0.1) is 20.5 Å². The summed E-state index contributed by atoms with van der Waals surface area (Å²) in [5, 5.41) is 0.553. The number of Topliss-reactive ketones (excluding diaryl/α,β-unsaturated/α-hetero) is 1. The van der Waals surface area contributed by atoms with Gasteiger partial charge in [-0.1, -0.05) is 17.7 Å². The van der Waals surface area contributed by atoms with Gasteiger partial charge >= 0.3 is 0 Å². The Morgan fingerprint density at radius 1 is 1.07 bits per heavy atom. The van der Waals surface area contributed by atoms with Crippen molar-refractivity contribution in [3.8, 4) is 11.5 Å². The van der Waals surface area contributed by atoms with Crippen LogP contribution in [0, 0.1) is 0 Å². The number of hydrogen-bond acceptors (Lipinski definition) is 5. The van der Waals surface area contributed by atoms with Gasteiger partial charge < -0.3 is 13.9 Å². The van der Waals surface area contributed by atoms with E-state index in [1.54, 1.807) is 38.1 Å². The molecule has 3 rings (SSSR count). The van der Waals surface area contributed by atoms with E-state index in [0.29, 0.717) is 22.3 Å². The minimum absolute atomic E-state index is 0.0544. The first-order valence-electron chi connectivity index (χ1n) is 8.31. The van der Waals surface area contributed by atoms with Crippen molar-refractivity contribution in [1.29, 1.82) is 0 Å². The van der Waals surface area contributed by atoms with E-state index in [0.717, 1.165) is 10.5 Å². The van der Waals surface area contributed by atoms with Gasteiger partial charge in [0.25, 0.3) is 0 Å². The number of rotatable bonds is 8. The average Bonchev–Trinajstić information content (AvgIpc) is 3.23. The standard InChI is InChI=1S/C21H19ClO4S/c1-24-19-10-5-14(12-20(19)25-2)21(13-17(23)18-4-3-11-26-18)27-16-8-6-15(22)7-9-16/h3-12,21H,13H2,1-2H3/t21-/m0/s1. The second-order valence-electron chi connectivity index (χ2n) is 5.78. The first kappa shape index (κ1) is 19.4. The molecular weight excluding hydrogens is 384 g/mol. The van der Waals surface area contributed by atoms with Crippen molar-refractivity contribution in [2.75, 3.05) is 14.2 Å². The smallest absolute Gasteiger partial charge is 0.199 e. The third kappa shape index (κ3) is 4.87. The molecule has 0 bridgehead atoms. The van der Waals surface area contributed by atoms with Crippen molar-refractivity contribution in [3.05, 3.63) is 77.2 Å². The maximum atomic E-state index is 12.6. The SMILES string of the molecule is COc1ccc([C@H](CC(=O)c2ccco2)Sc2ccc(Cl)cc2)cc1OC. The Bertz CT molecular complexity index is 891. The molecule has 0 saturated carbocycles. The Morgan fingerprint density at radius 2 is 1.81 bits per heavy atom. The molecule has 1 heterocycles. The van der Waals surface area contributed by atoms with E-state index in [9.17, 15) is 4.79 Å². The number of thioether (sulfide) groups is 1. The van der Waals surface area contributed by atoms with Crippen LogP contribution >= 0.6 is 23.4 Å². The summed E-state index contributed by atoms with van der Waals surface area (Å²) in [6.07, 6.45) is 1.79. The number of ketones is 1. The van der Waals surface area contributed by atoms with Gasteiger partial charge in [0, 0.05) is 21.6 Å². The molecule has 0 aliphatic rings. The first-order chi connectivity index (χ1) is 13.1. The predicted molar refractivity (Wildman–Crippen MR) is 107 cm³/mol. The first-order valence-corrected chi connectivity index (χ1v) is 9.57. The zero-order chi connectivity index (χ0) is 19.2. The minimum Gasteiger partial charge on any atom is -0.493 e. The lowest BCUT2D eigenvalue weighted by Crippen LogP contribution is -2.05. The number of ether oxygens (including phenoxy) is 2. The highest BCUT2D eigenvalue weighted by Crippen LogP contribution is 2.41. The van der Waals surface area contributed by atoms with Crippen LogP contribution in [0.1, 0.15) is 27.8 Å². The van der Waals surface area contributed by atoms with Crippen LogP contribution in [0.15, 0.2) is 70.2 Å². The van der Waals surface area contributed by atoms with Crippen LogP contribution in [0.5, 0.6) is 11.5 Å². The normalized spacial score (nSPS) is 11.8. The topological polar surface area (TPSA) is 48.7 Å². The third-order valence-corrected chi connectivity index (χ3v) is 5.56. The largest absolute Gasteiger partial charge is 0.493 e. The van der Waals surface area contributed by atoms with Gasteiger partial charge in [0.2, 0.25) is 0 Å². The number of carbonyl (C=O) groups excluding carboxylic acids is 1. The molecule has 27 heavy (non-hydrogen) atoms. The van der Waals surface area contributed by atoms with Gasteiger partial charge in [0.15, 0.2) is 23.0 Å². The Kier molecular flexibility index (Phi) is 6.48. The van der Waals surface area contributed by atoms with Crippen LogP contribution in [0.3, 0.4) is 0 Å². The van der Waals surface area contributed by atoms with E-state index in [1.807, 2.05) is 42.5 Å². The van der Waals surface area contributed by atoms with E-state index in [-0.39, 0.29) is 17.5 Å². The fourth-order valence-corrected chi connectivity index (χ4v) is 3.93. The molecule has 1 atom stereocenters. The number of benzene rings is 2. The summed E-state index contributed by atoms with van der Waals surface area (Å²) in [7, 11) is 3.19. The maximum absolute atomic E-state index is 12.6. The van der Waals surface area contributed by atoms with Crippen molar-refractivity contribution in [2.45, 2.75) is 16.6 Å². The summed E-state index contributed by atoms with van der Waals surface area (Å²) in [6.45, 7) is 0. The lowest BCUT2D eigenvalue weighted by Gasteiger charge is -2.18. The second kappa shape index (κ2) is 9.02. The van der Waals surface area contributed by atoms with Crippen molar-refractivity contribution in [2.24, 2.45) is 0 Å². The molecule has 2 aromatic carbocycles. The molecule has 4 nitrogen and oxygen atoms in total. The predicted octanol–water partition coefficient (Wildman–Crippen LogP) is 6.06. The Hall–Kier alpha value is -2.37. The van der Waals surface area contributed by atoms with E-state index in [2.05, 4.69) is 0 Å². The molecule has 1 aromatic heterocycles. The average molecular weight is 403 g/mol. The Balaban J connectivity index is 1.91. The van der Waals surface area contributed by atoms with E-state index < -0.39 is 0 Å². The van der Waals surface area contributed by atoms with E-state index >= 15 is 0 Å². The molecule has 0 saturated heterocycles. The van der Waals surface area contributed by atoms with Gasteiger partial charge in [-0.3, -0.25) is 4.79 Å². The van der Waals surface area contributed by atoms with Gasteiger partial charge in [-0.05, 0) is 54.1 Å². The van der Waals surface area contributed by atoms with Gasteiger partial charge in [-0.2, -0.15) is 0 Å². The third-order valence-electron chi connectivity index (χ3n) is 4.04. The highest BCUT2D eigenvalue weighted by atomic mass is 35.5. The fourth-order valence-electron chi connectivity index (χ4n) is 2.66. The maximum Gasteiger partial charge on any atom is 0.199 e. The number of halogens is 1. The molecule has 0 spiro atoms. The van der Waals surface area contributed by atoms with Crippen LogP contribution in [-0.4, -0.2) is 20.0 Å². The van der Waals surface area contributed by atoms with Crippen LogP contribution in [0.2, 0.25) is 5.02 Å². The zero-order valence-corrected chi connectivity index (χ0v) is 16.5. The van der Waals surface area contributed by atoms with Crippen LogP contribution in [0.25, 0.3) is 0 Å². The number of hydrogen-bond donors (Lipinski definition) is 0. The molecule has 0 aliphatic carbocycles. The summed E-state index contributed by atoms with van der Waals surface area (Å²) in [6, 6.07) is 16.7. The Morgan fingerprint density at radius 3 is 2.44 bits per heavy atom. The zero-order valence-electron chi connectivity index (χ0n) is 15.0. The monoisotopic (exact) mass is 402 g/mol. The lowest BCUT2D eigenvalue weighted by atomic mass is 10.1. The van der Waals surface area contributed by atoms with Gasteiger partial charge in [0.1, 0.15) is 0 Å². The molecule has 0 aliphatic heterocycles. The number of carbonyl (C=O) groups is 1. The van der Waals surface area contributed by atoms with E-state index in [4.69, 9.17) is 25.5 Å². The van der Waals surface area contributed by atoms with Crippen molar-refractivity contribution >= 4 is 29.1 Å². The highest BCUT2D eigenvalue weighted by molar-refractivity contribution is 7.99. The molecule has 0 unspecified atom stereocenters. The Labute approximate surface area is 167 Å².